The quantitative estimate of drug-likeness (QED) is 0.849. The van der Waals surface area contributed by atoms with Gasteiger partial charge in [0.2, 0.25) is 0 Å². The highest BCUT2D eigenvalue weighted by Crippen LogP contribution is 2.28. The average molecular weight is 234 g/mol. The fourth-order valence-electron chi connectivity index (χ4n) is 2.31. The van der Waals surface area contributed by atoms with Gasteiger partial charge in [0.1, 0.15) is 5.75 Å². The van der Waals surface area contributed by atoms with Crippen LogP contribution in [0.5, 0.6) is 5.75 Å². The van der Waals surface area contributed by atoms with Crippen LogP contribution in [0, 0.1) is 0 Å². The van der Waals surface area contributed by atoms with E-state index in [1.807, 2.05) is 12.1 Å². The smallest absolute Gasteiger partial charge is 0.142 e. The number of methoxy groups -OCH3 is 1. The molecule has 3 heteroatoms. The maximum atomic E-state index is 5.44. The first-order valence-electron chi connectivity index (χ1n) is 6.42. The molecule has 0 amide bonds. The van der Waals surface area contributed by atoms with E-state index >= 15 is 0 Å². The Morgan fingerprint density at radius 2 is 2.12 bits per heavy atom. The van der Waals surface area contributed by atoms with E-state index in [-0.39, 0.29) is 0 Å². The average Bonchev–Trinajstić information content (AvgIpc) is 2.35. The highest BCUT2D eigenvalue weighted by Gasteiger charge is 2.14. The van der Waals surface area contributed by atoms with Gasteiger partial charge >= 0.3 is 0 Å². The molecule has 1 fully saturated rings. The highest BCUT2D eigenvalue weighted by atomic mass is 16.5. The summed E-state index contributed by atoms with van der Waals surface area (Å²) in [6, 6.07) is 8.90. The Hall–Kier alpha value is -1.22. The van der Waals surface area contributed by atoms with Crippen molar-refractivity contribution >= 4 is 5.69 Å². The summed E-state index contributed by atoms with van der Waals surface area (Å²) >= 11 is 0. The number of benzene rings is 1. The molecule has 0 saturated carbocycles. The molecular formula is C14H22N2O. The van der Waals surface area contributed by atoms with E-state index in [1.165, 1.54) is 18.5 Å². The maximum Gasteiger partial charge on any atom is 0.142 e. The van der Waals surface area contributed by atoms with Crippen LogP contribution in [0.4, 0.5) is 5.69 Å². The summed E-state index contributed by atoms with van der Waals surface area (Å²) in [5.74, 6) is 0.980. The number of rotatable bonds is 2. The van der Waals surface area contributed by atoms with Gasteiger partial charge < -0.3 is 15.0 Å². The van der Waals surface area contributed by atoms with Crippen LogP contribution < -0.4 is 15.0 Å². The van der Waals surface area contributed by atoms with Crippen LogP contribution in [0.1, 0.15) is 19.8 Å². The molecule has 17 heavy (non-hydrogen) atoms. The number of anilines is 1. The van der Waals surface area contributed by atoms with Gasteiger partial charge in [-0.15, -0.1) is 0 Å². The summed E-state index contributed by atoms with van der Waals surface area (Å²) in [7, 11) is 1.74. The molecule has 2 rings (SSSR count). The topological polar surface area (TPSA) is 24.5 Å². The van der Waals surface area contributed by atoms with Gasteiger partial charge in [0.05, 0.1) is 12.8 Å². The molecule has 0 radical (unpaired) electrons. The second-order valence-corrected chi connectivity index (χ2v) is 4.66. The van der Waals surface area contributed by atoms with Crippen LogP contribution in [0.15, 0.2) is 24.3 Å². The number of nitrogens with one attached hydrogen (secondary N) is 1. The molecule has 0 aromatic heterocycles. The molecule has 0 bridgehead atoms. The summed E-state index contributed by atoms with van der Waals surface area (Å²) in [5, 5.41) is 3.53. The zero-order chi connectivity index (χ0) is 12.1. The second kappa shape index (κ2) is 5.92. The zero-order valence-corrected chi connectivity index (χ0v) is 10.8. The number of hydrogen-bond acceptors (Lipinski definition) is 3. The molecule has 0 aliphatic carbocycles. The van der Waals surface area contributed by atoms with E-state index in [9.17, 15) is 0 Å². The van der Waals surface area contributed by atoms with Gasteiger partial charge in [0.15, 0.2) is 0 Å². The molecule has 1 aromatic carbocycles. The Kier molecular flexibility index (Phi) is 4.26. The minimum Gasteiger partial charge on any atom is -0.495 e. The van der Waals surface area contributed by atoms with Crippen molar-refractivity contribution in [2.75, 3.05) is 31.6 Å². The monoisotopic (exact) mass is 234 g/mol. The summed E-state index contributed by atoms with van der Waals surface area (Å²) in [6.45, 7) is 5.55. The summed E-state index contributed by atoms with van der Waals surface area (Å²) in [6.07, 6.45) is 2.36. The highest BCUT2D eigenvalue weighted by molar-refractivity contribution is 5.58. The lowest BCUT2D eigenvalue weighted by atomic mass is 10.1. The molecule has 1 aliphatic heterocycles. The molecule has 3 nitrogen and oxygen atoms in total. The van der Waals surface area contributed by atoms with Crippen LogP contribution >= 0.6 is 0 Å². The largest absolute Gasteiger partial charge is 0.495 e. The Balaban J connectivity index is 2.13. The van der Waals surface area contributed by atoms with Gasteiger partial charge in [0, 0.05) is 19.1 Å². The lowest BCUT2D eigenvalue weighted by Gasteiger charge is -2.30. The first-order chi connectivity index (χ1) is 8.31. The second-order valence-electron chi connectivity index (χ2n) is 4.66. The number of nitrogens with zero attached hydrogens (tertiary/aromatic N) is 1. The molecular weight excluding hydrogens is 212 g/mol. The fraction of sp³-hybridized carbons (Fsp3) is 0.571. The van der Waals surface area contributed by atoms with Crippen molar-refractivity contribution in [2.24, 2.45) is 0 Å². The Morgan fingerprint density at radius 1 is 1.29 bits per heavy atom. The van der Waals surface area contributed by atoms with Gasteiger partial charge in [0.25, 0.3) is 0 Å². The van der Waals surface area contributed by atoms with Crippen molar-refractivity contribution in [3.63, 3.8) is 0 Å². The van der Waals surface area contributed by atoms with E-state index in [0.717, 1.165) is 25.4 Å². The van der Waals surface area contributed by atoms with Crippen molar-refractivity contribution in [1.82, 2.24) is 5.32 Å². The van der Waals surface area contributed by atoms with E-state index < -0.39 is 0 Å². The van der Waals surface area contributed by atoms with Crippen molar-refractivity contribution < 1.29 is 4.74 Å². The van der Waals surface area contributed by atoms with Crippen molar-refractivity contribution in [1.29, 1.82) is 0 Å². The molecule has 1 saturated heterocycles. The normalized spacial score (nSPS) is 21.8. The first-order valence-corrected chi connectivity index (χ1v) is 6.42. The molecule has 1 N–H and O–H groups in total. The van der Waals surface area contributed by atoms with Crippen molar-refractivity contribution in [3.05, 3.63) is 24.3 Å². The summed E-state index contributed by atoms with van der Waals surface area (Å²) < 4.78 is 5.44. The van der Waals surface area contributed by atoms with Crippen molar-refractivity contribution in [2.45, 2.75) is 25.8 Å². The minimum absolute atomic E-state index is 0.604. The van der Waals surface area contributed by atoms with E-state index in [2.05, 4.69) is 29.3 Å². The molecule has 0 spiro atoms. The molecule has 1 heterocycles. The van der Waals surface area contributed by atoms with Gasteiger partial charge in [-0.05, 0) is 38.4 Å². The first kappa shape index (κ1) is 12.2. The zero-order valence-electron chi connectivity index (χ0n) is 10.8. The molecule has 94 valence electrons. The third-order valence-electron chi connectivity index (χ3n) is 3.36. The van der Waals surface area contributed by atoms with Crippen LogP contribution in [0.3, 0.4) is 0 Å². The van der Waals surface area contributed by atoms with Crippen LogP contribution in [-0.2, 0) is 0 Å². The van der Waals surface area contributed by atoms with Crippen LogP contribution in [0.2, 0.25) is 0 Å². The van der Waals surface area contributed by atoms with Gasteiger partial charge in [-0.25, -0.2) is 0 Å². The maximum absolute atomic E-state index is 5.44. The predicted molar refractivity (Wildman–Crippen MR) is 71.9 cm³/mol. The number of para-hydroxylation sites is 2. The summed E-state index contributed by atoms with van der Waals surface area (Å²) in [4.78, 5) is 2.44. The number of ether oxygens (including phenoxy) is 1. The Morgan fingerprint density at radius 3 is 2.94 bits per heavy atom. The van der Waals surface area contributed by atoms with Crippen LogP contribution in [-0.4, -0.2) is 32.8 Å². The van der Waals surface area contributed by atoms with Crippen LogP contribution in [0.25, 0.3) is 0 Å². The van der Waals surface area contributed by atoms with E-state index in [1.54, 1.807) is 7.11 Å². The molecule has 1 atom stereocenters. The SMILES string of the molecule is COc1ccccc1N1CCCNC(C)CC1. The lowest BCUT2D eigenvalue weighted by Crippen LogP contribution is -2.38. The molecule has 1 unspecified atom stereocenters. The Labute approximate surface area is 104 Å². The van der Waals surface area contributed by atoms with Gasteiger partial charge in [-0.3, -0.25) is 0 Å². The molecule has 1 aliphatic rings. The standard InChI is InChI=1S/C14H22N2O/c1-12-8-11-16(10-5-9-15-12)13-6-3-4-7-14(13)17-2/h3-4,6-7,12,15H,5,8-11H2,1-2H3. The van der Waals surface area contributed by atoms with E-state index in [0.29, 0.717) is 6.04 Å². The minimum atomic E-state index is 0.604. The van der Waals surface area contributed by atoms with Crippen molar-refractivity contribution in [3.8, 4) is 5.75 Å². The third-order valence-corrected chi connectivity index (χ3v) is 3.36. The van der Waals surface area contributed by atoms with E-state index in [4.69, 9.17) is 4.74 Å². The molecule has 1 aromatic rings. The fourth-order valence-corrected chi connectivity index (χ4v) is 2.31. The van der Waals surface area contributed by atoms with Gasteiger partial charge in [-0.2, -0.15) is 0 Å². The lowest BCUT2D eigenvalue weighted by molar-refractivity contribution is 0.411. The van der Waals surface area contributed by atoms with Gasteiger partial charge in [-0.1, -0.05) is 12.1 Å². The predicted octanol–water partition coefficient (Wildman–Crippen LogP) is 2.27. The summed E-state index contributed by atoms with van der Waals surface area (Å²) in [5.41, 5.74) is 1.23. The number of hydrogen-bond donors (Lipinski definition) is 1. The Bertz CT molecular complexity index is 354. The third kappa shape index (κ3) is 3.13.